The molecule has 0 radical (unpaired) electrons. The van der Waals surface area contributed by atoms with Crippen molar-refractivity contribution in [3.63, 3.8) is 0 Å². The molecule has 1 saturated carbocycles. The molecular formula is C13H21N3OS. The molecule has 0 aliphatic heterocycles. The van der Waals surface area contributed by atoms with Crippen molar-refractivity contribution in [3.8, 4) is 0 Å². The molecule has 0 aromatic carbocycles. The van der Waals surface area contributed by atoms with Crippen LogP contribution >= 0.6 is 11.3 Å². The highest BCUT2D eigenvalue weighted by Gasteiger charge is 2.28. The molecular weight excluding hydrogens is 246 g/mol. The largest absolute Gasteiger partial charge is 0.355 e. The molecule has 1 aliphatic rings. The highest BCUT2D eigenvalue weighted by Crippen LogP contribution is 2.28. The van der Waals surface area contributed by atoms with Crippen LogP contribution in [-0.2, 0) is 4.79 Å². The topological polar surface area (TPSA) is 54.0 Å². The summed E-state index contributed by atoms with van der Waals surface area (Å²) < 4.78 is 0. The van der Waals surface area contributed by atoms with E-state index in [1.54, 1.807) is 11.3 Å². The molecule has 2 N–H and O–H groups in total. The van der Waals surface area contributed by atoms with Crippen molar-refractivity contribution in [1.82, 2.24) is 15.6 Å². The lowest BCUT2D eigenvalue weighted by atomic mass is 10.2. The van der Waals surface area contributed by atoms with E-state index in [0.717, 1.165) is 30.1 Å². The normalized spacial score (nSPS) is 16.6. The fraction of sp³-hybridized carbons (Fsp3) is 0.692. The fourth-order valence-corrected chi connectivity index (χ4v) is 2.92. The monoisotopic (exact) mass is 267 g/mol. The van der Waals surface area contributed by atoms with Crippen LogP contribution in [0, 0.1) is 19.8 Å². The Morgan fingerprint density at radius 1 is 1.44 bits per heavy atom. The van der Waals surface area contributed by atoms with Crippen molar-refractivity contribution in [2.45, 2.75) is 39.7 Å². The van der Waals surface area contributed by atoms with Crippen molar-refractivity contribution >= 4 is 17.2 Å². The number of carbonyl (C=O) groups is 1. The highest BCUT2D eigenvalue weighted by atomic mass is 32.1. The summed E-state index contributed by atoms with van der Waals surface area (Å²) in [5.74, 6) is 0.510. The zero-order chi connectivity index (χ0) is 13.1. The first kappa shape index (κ1) is 13.5. The second kappa shape index (κ2) is 5.80. The number of thiazole rings is 1. The SMILES string of the molecule is Cc1nc(C(C)NCCNC(=O)C2CC2)c(C)s1. The van der Waals surface area contributed by atoms with E-state index in [-0.39, 0.29) is 11.9 Å². The minimum absolute atomic E-state index is 0.213. The Bertz CT molecular complexity index is 426. The maximum absolute atomic E-state index is 11.4. The summed E-state index contributed by atoms with van der Waals surface area (Å²) in [6.45, 7) is 7.73. The van der Waals surface area contributed by atoms with Crippen molar-refractivity contribution < 1.29 is 4.79 Å². The highest BCUT2D eigenvalue weighted by molar-refractivity contribution is 7.11. The molecule has 4 nitrogen and oxygen atoms in total. The van der Waals surface area contributed by atoms with Gasteiger partial charge in [0.1, 0.15) is 0 Å². The molecule has 1 unspecified atom stereocenters. The summed E-state index contributed by atoms with van der Waals surface area (Å²) in [5, 5.41) is 7.46. The predicted molar refractivity (Wildman–Crippen MR) is 73.7 cm³/mol. The van der Waals surface area contributed by atoms with Gasteiger partial charge in [-0.05, 0) is 33.6 Å². The Morgan fingerprint density at radius 2 is 2.17 bits per heavy atom. The van der Waals surface area contributed by atoms with Crippen LogP contribution < -0.4 is 10.6 Å². The van der Waals surface area contributed by atoms with Gasteiger partial charge >= 0.3 is 0 Å². The Labute approximate surface area is 112 Å². The molecule has 1 aliphatic carbocycles. The smallest absolute Gasteiger partial charge is 0.223 e. The number of hydrogen-bond acceptors (Lipinski definition) is 4. The Hall–Kier alpha value is -0.940. The number of amides is 1. The van der Waals surface area contributed by atoms with E-state index < -0.39 is 0 Å². The molecule has 0 bridgehead atoms. The Balaban J connectivity index is 1.69. The summed E-state index contributed by atoms with van der Waals surface area (Å²) in [6, 6.07) is 0.243. The molecule has 0 spiro atoms. The lowest BCUT2D eigenvalue weighted by molar-refractivity contribution is -0.122. The third-order valence-corrected chi connectivity index (χ3v) is 4.07. The lowest BCUT2D eigenvalue weighted by Crippen LogP contribution is -2.33. The van der Waals surface area contributed by atoms with Crippen LogP contribution in [0.15, 0.2) is 0 Å². The summed E-state index contributed by atoms with van der Waals surface area (Å²) in [5.41, 5.74) is 1.13. The standard InChI is InChI=1S/C13H21N3OS/c1-8(12-9(2)18-10(3)16-12)14-6-7-15-13(17)11-4-5-11/h8,11,14H,4-7H2,1-3H3,(H,15,17). The van der Waals surface area contributed by atoms with Gasteiger partial charge in [-0.1, -0.05) is 0 Å². The summed E-state index contributed by atoms with van der Waals surface area (Å²) in [6.07, 6.45) is 2.12. The van der Waals surface area contributed by atoms with Gasteiger partial charge in [-0.2, -0.15) is 0 Å². The molecule has 100 valence electrons. The van der Waals surface area contributed by atoms with Gasteiger partial charge in [0.05, 0.1) is 10.7 Å². The molecule has 18 heavy (non-hydrogen) atoms. The molecule has 0 saturated heterocycles. The second-order valence-corrected chi connectivity index (χ2v) is 6.32. The van der Waals surface area contributed by atoms with Gasteiger partial charge < -0.3 is 10.6 Å². The van der Waals surface area contributed by atoms with Gasteiger partial charge in [0, 0.05) is 29.9 Å². The van der Waals surface area contributed by atoms with Gasteiger partial charge in [-0.25, -0.2) is 4.98 Å². The number of aromatic nitrogens is 1. The number of nitrogens with zero attached hydrogens (tertiary/aromatic N) is 1. The lowest BCUT2D eigenvalue weighted by Gasteiger charge is -2.13. The quantitative estimate of drug-likeness (QED) is 0.774. The predicted octanol–water partition coefficient (Wildman–Crippen LogP) is 1.94. The van der Waals surface area contributed by atoms with E-state index in [0.29, 0.717) is 12.5 Å². The van der Waals surface area contributed by atoms with E-state index >= 15 is 0 Å². The summed E-state index contributed by atoms with van der Waals surface area (Å²) >= 11 is 1.73. The second-order valence-electron chi connectivity index (χ2n) is 4.92. The Morgan fingerprint density at radius 3 is 2.72 bits per heavy atom. The van der Waals surface area contributed by atoms with Gasteiger partial charge in [-0.15, -0.1) is 11.3 Å². The van der Waals surface area contributed by atoms with Gasteiger partial charge in [0.15, 0.2) is 0 Å². The third-order valence-electron chi connectivity index (χ3n) is 3.17. The van der Waals surface area contributed by atoms with Crippen LogP contribution in [-0.4, -0.2) is 24.0 Å². The van der Waals surface area contributed by atoms with E-state index in [9.17, 15) is 4.79 Å². The van der Waals surface area contributed by atoms with Gasteiger partial charge in [0.25, 0.3) is 0 Å². The van der Waals surface area contributed by atoms with Crippen molar-refractivity contribution in [1.29, 1.82) is 0 Å². The molecule has 5 heteroatoms. The molecule has 1 heterocycles. The molecule has 1 atom stereocenters. The molecule has 1 fully saturated rings. The van der Waals surface area contributed by atoms with Gasteiger partial charge in [0.2, 0.25) is 5.91 Å². The average molecular weight is 267 g/mol. The van der Waals surface area contributed by atoms with E-state index in [2.05, 4.69) is 29.5 Å². The van der Waals surface area contributed by atoms with E-state index in [4.69, 9.17) is 0 Å². The first-order chi connectivity index (χ1) is 8.58. The number of nitrogens with one attached hydrogen (secondary N) is 2. The van der Waals surface area contributed by atoms with E-state index in [1.807, 2.05) is 6.92 Å². The third kappa shape index (κ3) is 3.53. The van der Waals surface area contributed by atoms with Crippen molar-refractivity contribution in [2.24, 2.45) is 5.92 Å². The van der Waals surface area contributed by atoms with Crippen LogP contribution in [0.1, 0.15) is 41.4 Å². The molecule has 2 rings (SSSR count). The first-order valence-corrected chi connectivity index (χ1v) is 7.34. The zero-order valence-electron chi connectivity index (χ0n) is 11.2. The summed E-state index contributed by atoms with van der Waals surface area (Å²) in [4.78, 5) is 17.2. The first-order valence-electron chi connectivity index (χ1n) is 6.53. The van der Waals surface area contributed by atoms with Crippen molar-refractivity contribution in [2.75, 3.05) is 13.1 Å². The average Bonchev–Trinajstić information content (AvgIpc) is 3.10. The zero-order valence-corrected chi connectivity index (χ0v) is 12.1. The van der Waals surface area contributed by atoms with Crippen LogP contribution in [0.4, 0.5) is 0 Å². The summed E-state index contributed by atoms with van der Waals surface area (Å²) in [7, 11) is 0. The van der Waals surface area contributed by atoms with E-state index in [1.165, 1.54) is 4.88 Å². The van der Waals surface area contributed by atoms with Crippen LogP contribution in [0.2, 0.25) is 0 Å². The number of aryl methyl sites for hydroxylation is 2. The molecule has 1 aromatic heterocycles. The van der Waals surface area contributed by atoms with Crippen LogP contribution in [0.5, 0.6) is 0 Å². The minimum atomic E-state index is 0.213. The maximum Gasteiger partial charge on any atom is 0.223 e. The fourth-order valence-electron chi connectivity index (χ4n) is 2.01. The molecule has 1 amide bonds. The van der Waals surface area contributed by atoms with Crippen LogP contribution in [0.25, 0.3) is 0 Å². The molecule has 1 aromatic rings. The van der Waals surface area contributed by atoms with Crippen LogP contribution in [0.3, 0.4) is 0 Å². The minimum Gasteiger partial charge on any atom is -0.355 e. The maximum atomic E-state index is 11.4. The number of hydrogen-bond donors (Lipinski definition) is 2. The van der Waals surface area contributed by atoms with Crippen molar-refractivity contribution in [3.05, 3.63) is 15.6 Å². The van der Waals surface area contributed by atoms with Gasteiger partial charge in [-0.3, -0.25) is 4.79 Å². The number of carbonyl (C=O) groups excluding carboxylic acids is 1. The Kier molecular flexibility index (Phi) is 4.35. The number of rotatable bonds is 6.